The van der Waals surface area contributed by atoms with Gasteiger partial charge < -0.3 is 20.5 Å². The molecular weight excluding hydrogens is 426 g/mol. The van der Waals surface area contributed by atoms with Crippen molar-refractivity contribution < 1.29 is 9.59 Å². The molecule has 3 N–H and O–H groups in total. The van der Waals surface area contributed by atoms with Gasteiger partial charge in [-0.2, -0.15) is 0 Å². The van der Waals surface area contributed by atoms with Gasteiger partial charge in [-0.15, -0.1) is 0 Å². The van der Waals surface area contributed by atoms with E-state index in [1.165, 1.54) is 0 Å². The SMILES string of the molecule is CCN(CC)CCNC(=O)c1c(C)[nH]c(/C=C2\C(=O)Nc3cc(-c4cccnc4)ccc32)c1C. The Kier molecular flexibility index (Phi) is 6.93. The van der Waals surface area contributed by atoms with Crippen molar-refractivity contribution in [3.05, 3.63) is 70.8 Å². The lowest BCUT2D eigenvalue weighted by atomic mass is 10.00. The number of nitrogens with zero attached hydrogens (tertiary/aromatic N) is 2. The number of likely N-dealkylation sites (N-methyl/N-ethyl adjacent to an activating group) is 1. The fraction of sp³-hybridized carbons (Fsp3) is 0.296. The highest BCUT2D eigenvalue weighted by Gasteiger charge is 2.26. The van der Waals surface area contributed by atoms with Crippen molar-refractivity contribution in [2.45, 2.75) is 27.7 Å². The number of hydrogen-bond donors (Lipinski definition) is 3. The lowest BCUT2D eigenvalue weighted by Crippen LogP contribution is -2.35. The van der Waals surface area contributed by atoms with E-state index < -0.39 is 0 Å². The lowest BCUT2D eigenvalue weighted by Gasteiger charge is -2.18. The Morgan fingerprint density at radius 2 is 1.94 bits per heavy atom. The number of hydrogen-bond acceptors (Lipinski definition) is 4. The average molecular weight is 458 g/mol. The fourth-order valence-corrected chi connectivity index (χ4v) is 4.41. The van der Waals surface area contributed by atoms with Crippen LogP contribution >= 0.6 is 0 Å². The third-order valence-corrected chi connectivity index (χ3v) is 6.40. The first-order chi connectivity index (χ1) is 16.4. The van der Waals surface area contributed by atoms with Crippen LogP contribution in [0.1, 0.15) is 46.7 Å². The smallest absolute Gasteiger partial charge is 0.256 e. The van der Waals surface area contributed by atoms with Crippen molar-refractivity contribution in [1.82, 2.24) is 20.2 Å². The molecular formula is C27H31N5O2. The standard InChI is InChI=1S/C27H31N5O2/c1-5-32(6-2)13-12-29-27(34)25-17(3)23(30-18(25)4)15-22-21-10-9-19(14-24(21)31-26(22)33)20-8-7-11-28-16-20/h7-11,14-16,30H,5-6,12-13H2,1-4H3,(H,29,34)(H,31,33)/b22-15-. The Morgan fingerprint density at radius 1 is 1.15 bits per heavy atom. The maximum Gasteiger partial charge on any atom is 0.256 e. The summed E-state index contributed by atoms with van der Waals surface area (Å²) < 4.78 is 0. The van der Waals surface area contributed by atoms with Crippen LogP contribution in [-0.2, 0) is 4.79 Å². The van der Waals surface area contributed by atoms with Gasteiger partial charge in [-0.05, 0) is 56.3 Å². The molecule has 0 radical (unpaired) electrons. The predicted octanol–water partition coefficient (Wildman–Crippen LogP) is 4.26. The van der Waals surface area contributed by atoms with E-state index in [0.717, 1.165) is 59.0 Å². The van der Waals surface area contributed by atoms with Crippen LogP contribution in [0.5, 0.6) is 0 Å². The number of carbonyl (C=O) groups excluding carboxylic acids is 2. The summed E-state index contributed by atoms with van der Waals surface area (Å²) in [5, 5.41) is 5.99. The van der Waals surface area contributed by atoms with Crippen LogP contribution in [0.3, 0.4) is 0 Å². The van der Waals surface area contributed by atoms with Gasteiger partial charge >= 0.3 is 0 Å². The van der Waals surface area contributed by atoms with E-state index in [1.807, 2.05) is 50.3 Å². The lowest BCUT2D eigenvalue weighted by molar-refractivity contribution is -0.110. The van der Waals surface area contributed by atoms with Gasteiger partial charge in [-0.3, -0.25) is 14.6 Å². The first kappa shape index (κ1) is 23.4. The van der Waals surface area contributed by atoms with Crippen LogP contribution in [-0.4, -0.2) is 52.9 Å². The van der Waals surface area contributed by atoms with Crippen LogP contribution in [0.25, 0.3) is 22.8 Å². The van der Waals surface area contributed by atoms with Gasteiger partial charge in [-0.1, -0.05) is 32.0 Å². The number of aryl methyl sites for hydroxylation is 1. The van der Waals surface area contributed by atoms with Gasteiger partial charge in [0.25, 0.3) is 11.8 Å². The number of pyridine rings is 1. The summed E-state index contributed by atoms with van der Waals surface area (Å²) in [7, 11) is 0. The molecule has 3 aromatic rings. The topological polar surface area (TPSA) is 90.1 Å². The summed E-state index contributed by atoms with van der Waals surface area (Å²) in [5.41, 5.74) is 7.19. The number of H-pyrrole nitrogens is 1. The van der Waals surface area contributed by atoms with Crippen molar-refractivity contribution in [2.75, 3.05) is 31.5 Å². The van der Waals surface area contributed by atoms with E-state index in [4.69, 9.17) is 0 Å². The number of aromatic amines is 1. The maximum absolute atomic E-state index is 12.9. The average Bonchev–Trinajstić information content (AvgIpc) is 3.31. The summed E-state index contributed by atoms with van der Waals surface area (Å²) >= 11 is 0. The van der Waals surface area contributed by atoms with Crippen molar-refractivity contribution in [2.24, 2.45) is 0 Å². The molecule has 0 unspecified atom stereocenters. The van der Waals surface area contributed by atoms with Gasteiger partial charge in [0, 0.05) is 53.7 Å². The fourth-order valence-electron chi connectivity index (χ4n) is 4.41. The molecule has 0 atom stereocenters. The summed E-state index contributed by atoms with van der Waals surface area (Å²) in [6, 6.07) is 9.79. The number of aromatic nitrogens is 2. The minimum absolute atomic E-state index is 0.0968. The molecule has 1 aliphatic rings. The molecule has 2 aromatic heterocycles. The molecule has 0 saturated carbocycles. The molecule has 7 nitrogen and oxygen atoms in total. The van der Waals surface area contributed by atoms with Crippen LogP contribution in [0.15, 0.2) is 42.7 Å². The van der Waals surface area contributed by atoms with Crippen LogP contribution < -0.4 is 10.6 Å². The largest absolute Gasteiger partial charge is 0.358 e. The monoisotopic (exact) mass is 457 g/mol. The Bertz CT molecular complexity index is 1240. The molecule has 1 aromatic carbocycles. The van der Waals surface area contributed by atoms with E-state index in [2.05, 4.69) is 39.3 Å². The number of rotatable bonds is 8. The third kappa shape index (κ3) is 4.65. The molecule has 1 aliphatic heterocycles. The molecule has 0 fully saturated rings. The van der Waals surface area contributed by atoms with Crippen molar-refractivity contribution in [1.29, 1.82) is 0 Å². The van der Waals surface area contributed by atoms with Crippen molar-refractivity contribution >= 4 is 29.2 Å². The first-order valence-corrected chi connectivity index (χ1v) is 11.7. The highest BCUT2D eigenvalue weighted by molar-refractivity contribution is 6.35. The highest BCUT2D eigenvalue weighted by atomic mass is 16.2. The number of benzene rings is 1. The summed E-state index contributed by atoms with van der Waals surface area (Å²) in [6.45, 7) is 11.3. The van der Waals surface area contributed by atoms with E-state index in [0.29, 0.717) is 17.7 Å². The molecule has 2 amide bonds. The molecule has 176 valence electrons. The summed E-state index contributed by atoms with van der Waals surface area (Å²) in [6.07, 6.45) is 5.37. The highest BCUT2D eigenvalue weighted by Crippen LogP contribution is 2.36. The Balaban J connectivity index is 1.57. The Labute approximate surface area is 200 Å². The molecule has 34 heavy (non-hydrogen) atoms. The number of anilines is 1. The minimum atomic E-state index is -0.157. The van der Waals surface area contributed by atoms with Crippen LogP contribution in [0.4, 0.5) is 5.69 Å². The van der Waals surface area contributed by atoms with Crippen molar-refractivity contribution in [3.63, 3.8) is 0 Å². The second-order valence-corrected chi connectivity index (χ2v) is 8.46. The Hall–Kier alpha value is -3.71. The normalized spacial score (nSPS) is 13.9. The molecule has 7 heteroatoms. The zero-order valence-corrected chi connectivity index (χ0v) is 20.2. The van der Waals surface area contributed by atoms with Crippen LogP contribution in [0, 0.1) is 13.8 Å². The number of nitrogens with one attached hydrogen (secondary N) is 3. The Morgan fingerprint density at radius 3 is 2.65 bits per heavy atom. The second kappa shape index (κ2) is 10.1. The molecule has 0 bridgehead atoms. The zero-order valence-electron chi connectivity index (χ0n) is 20.2. The zero-order chi connectivity index (χ0) is 24.2. The minimum Gasteiger partial charge on any atom is -0.358 e. The van der Waals surface area contributed by atoms with Gasteiger partial charge in [-0.25, -0.2) is 0 Å². The van der Waals surface area contributed by atoms with E-state index in [-0.39, 0.29) is 11.8 Å². The maximum atomic E-state index is 12.9. The van der Waals surface area contributed by atoms with E-state index >= 15 is 0 Å². The molecule has 0 aliphatic carbocycles. The van der Waals surface area contributed by atoms with E-state index in [9.17, 15) is 9.59 Å². The number of amides is 2. The summed E-state index contributed by atoms with van der Waals surface area (Å²) in [4.78, 5) is 35.4. The first-order valence-electron chi connectivity index (χ1n) is 11.7. The van der Waals surface area contributed by atoms with Gasteiger partial charge in [0.1, 0.15) is 0 Å². The summed E-state index contributed by atoms with van der Waals surface area (Å²) in [5.74, 6) is -0.254. The van der Waals surface area contributed by atoms with Crippen molar-refractivity contribution in [3.8, 4) is 11.1 Å². The van der Waals surface area contributed by atoms with E-state index in [1.54, 1.807) is 12.4 Å². The number of carbonyl (C=O) groups is 2. The molecule has 0 spiro atoms. The van der Waals surface area contributed by atoms with Gasteiger partial charge in [0.05, 0.1) is 11.1 Å². The number of fused-ring (bicyclic) bond motifs is 1. The third-order valence-electron chi connectivity index (χ3n) is 6.40. The van der Waals surface area contributed by atoms with Crippen LogP contribution in [0.2, 0.25) is 0 Å². The van der Waals surface area contributed by atoms with Gasteiger partial charge in [0.15, 0.2) is 0 Å². The van der Waals surface area contributed by atoms with Gasteiger partial charge in [0.2, 0.25) is 0 Å². The molecule has 4 rings (SSSR count). The molecule has 3 heterocycles. The predicted molar refractivity (Wildman–Crippen MR) is 137 cm³/mol. The molecule has 0 saturated heterocycles. The quantitative estimate of drug-likeness (QED) is 0.441. The second-order valence-electron chi connectivity index (χ2n) is 8.46.